The lowest BCUT2D eigenvalue weighted by Crippen LogP contribution is -2.17. The topological polar surface area (TPSA) is 72.8 Å². The Morgan fingerprint density at radius 1 is 1.60 bits per heavy atom. The van der Waals surface area contributed by atoms with Gasteiger partial charge in [-0.3, -0.25) is 4.55 Å². The lowest BCUT2D eigenvalue weighted by atomic mass is 10.7. The summed E-state index contributed by atoms with van der Waals surface area (Å²) in [5.41, 5.74) is 0. The predicted octanol–water partition coefficient (Wildman–Crippen LogP) is 0.188. The number of hydrogen-bond acceptors (Lipinski definition) is 4. The summed E-state index contributed by atoms with van der Waals surface area (Å²) < 4.78 is 36.7. The SMILES string of the molecule is CCOC(C)OS(=O)(=O)O. The largest absolute Gasteiger partial charge is 0.399 e. The summed E-state index contributed by atoms with van der Waals surface area (Å²) in [6.45, 7) is 3.39. The maximum absolute atomic E-state index is 9.97. The summed E-state index contributed by atoms with van der Waals surface area (Å²) in [6, 6.07) is 0. The molecule has 62 valence electrons. The first-order valence-electron chi connectivity index (χ1n) is 2.73. The molecule has 0 rings (SSSR count). The van der Waals surface area contributed by atoms with Gasteiger partial charge in [-0.25, -0.2) is 4.18 Å². The van der Waals surface area contributed by atoms with Crippen LogP contribution in [0, 0.1) is 0 Å². The summed E-state index contributed by atoms with van der Waals surface area (Å²) in [5.74, 6) is 0. The van der Waals surface area contributed by atoms with E-state index in [1.54, 1.807) is 6.92 Å². The molecule has 0 aliphatic heterocycles. The van der Waals surface area contributed by atoms with Crippen molar-refractivity contribution in [2.75, 3.05) is 6.61 Å². The Hall–Kier alpha value is -0.170. The van der Waals surface area contributed by atoms with Crippen molar-refractivity contribution in [3.8, 4) is 0 Å². The highest BCUT2D eigenvalue weighted by Crippen LogP contribution is 1.97. The molecule has 0 heterocycles. The number of ether oxygens (including phenoxy) is 1. The summed E-state index contributed by atoms with van der Waals surface area (Å²) in [6.07, 6.45) is -0.931. The van der Waals surface area contributed by atoms with E-state index in [4.69, 9.17) is 4.55 Å². The molecule has 0 saturated carbocycles. The van der Waals surface area contributed by atoms with Gasteiger partial charge in [0, 0.05) is 6.61 Å². The van der Waals surface area contributed by atoms with Gasteiger partial charge in [-0.2, -0.15) is 8.42 Å². The third kappa shape index (κ3) is 5.96. The third-order valence-corrected chi connectivity index (χ3v) is 1.17. The molecular weight excluding hydrogens is 160 g/mol. The van der Waals surface area contributed by atoms with E-state index in [9.17, 15) is 8.42 Å². The molecule has 0 fully saturated rings. The zero-order chi connectivity index (χ0) is 8.20. The van der Waals surface area contributed by atoms with Crippen LogP contribution in [-0.4, -0.2) is 25.9 Å². The molecule has 0 aliphatic rings. The Morgan fingerprint density at radius 2 is 2.10 bits per heavy atom. The van der Waals surface area contributed by atoms with Crippen LogP contribution in [0.25, 0.3) is 0 Å². The van der Waals surface area contributed by atoms with Crippen molar-refractivity contribution < 1.29 is 21.9 Å². The zero-order valence-electron chi connectivity index (χ0n) is 5.77. The Kier molecular flexibility index (Phi) is 3.80. The normalized spacial score (nSPS) is 15.1. The maximum atomic E-state index is 9.97. The summed E-state index contributed by atoms with van der Waals surface area (Å²) in [7, 11) is -4.37. The van der Waals surface area contributed by atoms with Gasteiger partial charge in [0.05, 0.1) is 0 Å². The predicted molar refractivity (Wildman–Crippen MR) is 33.7 cm³/mol. The Morgan fingerprint density at radius 3 is 2.40 bits per heavy atom. The highest BCUT2D eigenvalue weighted by Gasteiger charge is 2.10. The van der Waals surface area contributed by atoms with E-state index in [1.165, 1.54) is 6.92 Å². The van der Waals surface area contributed by atoms with Gasteiger partial charge in [0.2, 0.25) is 0 Å². The molecular formula is C4H10O5S. The van der Waals surface area contributed by atoms with Gasteiger partial charge in [0.1, 0.15) is 0 Å². The smallest absolute Gasteiger partial charge is 0.352 e. The van der Waals surface area contributed by atoms with Gasteiger partial charge >= 0.3 is 10.4 Å². The lowest BCUT2D eigenvalue weighted by Gasteiger charge is -2.08. The van der Waals surface area contributed by atoms with Gasteiger partial charge in [0.25, 0.3) is 0 Å². The molecule has 0 aromatic rings. The van der Waals surface area contributed by atoms with Crippen LogP contribution in [0.2, 0.25) is 0 Å². The van der Waals surface area contributed by atoms with Crippen LogP contribution in [0.15, 0.2) is 0 Å². The van der Waals surface area contributed by atoms with E-state index in [1.807, 2.05) is 0 Å². The molecule has 5 nitrogen and oxygen atoms in total. The first-order valence-corrected chi connectivity index (χ1v) is 4.09. The Balaban J connectivity index is 3.69. The first-order chi connectivity index (χ1) is 4.45. The fourth-order valence-electron chi connectivity index (χ4n) is 0.434. The third-order valence-electron chi connectivity index (χ3n) is 0.658. The van der Waals surface area contributed by atoms with Crippen molar-refractivity contribution in [1.29, 1.82) is 0 Å². The van der Waals surface area contributed by atoms with Gasteiger partial charge < -0.3 is 4.74 Å². The fraction of sp³-hybridized carbons (Fsp3) is 1.00. The molecule has 0 aliphatic carbocycles. The molecule has 10 heavy (non-hydrogen) atoms. The minimum atomic E-state index is -4.37. The highest BCUT2D eigenvalue weighted by atomic mass is 32.3. The van der Waals surface area contributed by atoms with Crippen LogP contribution in [-0.2, 0) is 19.3 Å². The molecule has 0 radical (unpaired) electrons. The van der Waals surface area contributed by atoms with Crippen molar-refractivity contribution in [3.05, 3.63) is 0 Å². The van der Waals surface area contributed by atoms with Crippen LogP contribution >= 0.6 is 0 Å². The summed E-state index contributed by atoms with van der Waals surface area (Å²) >= 11 is 0. The van der Waals surface area contributed by atoms with Crippen LogP contribution in [0.4, 0.5) is 0 Å². The lowest BCUT2D eigenvalue weighted by molar-refractivity contribution is -0.0626. The second-order valence-electron chi connectivity index (χ2n) is 1.55. The molecule has 0 aromatic carbocycles. The van der Waals surface area contributed by atoms with E-state index in [0.29, 0.717) is 6.61 Å². The highest BCUT2D eigenvalue weighted by molar-refractivity contribution is 7.80. The minimum absolute atomic E-state index is 0.330. The van der Waals surface area contributed by atoms with Crippen LogP contribution < -0.4 is 0 Å². The quantitative estimate of drug-likeness (QED) is 0.481. The van der Waals surface area contributed by atoms with E-state index in [-0.39, 0.29) is 0 Å². The van der Waals surface area contributed by atoms with Crippen molar-refractivity contribution in [2.24, 2.45) is 0 Å². The molecule has 0 saturated heterocycles. The molecule has 0 bridgehead atoms. The summed E-state index contributed by atoms with van der Waals surface area (Å²) in [4.78, 5) is 0. The second-order valence-corrected chi connectivity index (χ2v) is 2.59. The van der Waals surface area contributed by atoms with Gasteiger partial charge in [-0.15, -0.1) is 0 Å². The number of hydrogen-bond donors (Lipinski definition) is 1. The van der Waals surface area contributed by atoms with Gasteiger partial charge in [-0.05, 0) is 13.8 Å². The molecule has 6 heteroatoms. The van der Waals surface area contributed by atoms with Crippen molar-refractivity contribution in [1.82, 2.24) is 0 Å². The van der Waals surface area contributed by atoms with E-state index < -0.39 is 16.7 Å². The number of rotatable bonds is 4. The fourth-order valence-corrected chi connectivity index (χ4v) is 0.832. The van der Waals surface area contributed by atoms with E-state index >= 15 is 0 Å². The molecule has 0 amide bonds. The second kappa shape index (κ2) is 3.87. The van der Waals surface area contributed by atoms with Crippen molar-refractivity contribution >= 4 is 10.4 Å². The standard InChI is InChI=1S/C4H10O5S/c1-3-8-4(2)9-10(5,6)7/h4H,3H2,1-2H3,(H,5,6,7). The van der Waals surface area contributed by atoms with Crippen LogP contribution in [0.1, 0.15) is 13.8 Å². The Labute approximate surface area is 59.9 Å². The molecule has 1 N–H and O–H groups in total. The van der Waals surface area contributed by atoms with Gasteiger partial charge in [0.15, 0.2) is 6.29 Å². The molecule has 1 atom stereocenters. The average molecular weight is 170 g/mol. The monoisotopic (exact) mass is 170 g/mol. The zero-order valence-corrected chi connectivity index (χ0v) is 6.59. The molecule has 0 aromatic heterocycles. The van der Waals surface area contributed by atoms with Gasteiger partial charge in [-0.1, -0.05) is 0 Å². The van der Waals surface area contributed by atoms with Crippen LogP contribution in [0.5, 0.6) is 0 Å². The first kappa shape index (κ1) is 9.83. The van der Waals surface area contributed by atoms with E-state index in [2.05, 4.69) is 8.92 Å². The maximum Gasteiger partial charge on any atom is 0.399 e. The van der Waals surface area contributed by atoms with Crippen molar-refractivity contribution in [3.63, 3.8) is 0 Å². The summed E-state index contributed by atoms with van der Waals surface area (Å²) in [5, 5.41) is 0. The Bertz CT molecular complexity index is 172. The van der Waals surface area contributed by atoms with E-state index in [0.717, 1.165) is 0 Å². The average Bonchev–Trinajstić information content (AvgIpc) is 1.59. The molecule has 0 spiro atoms. The molecule has 1 unspecified atom stereocenters. The minimum Gasteiger partial charge on any atom is -0.352 e. The van der Waals surface area contributed by atoms with Crippen LogP contribution in [0.3, 0.4) is 0 Å². The van der Waals surface area contributed by atoms with Crippen molar-refractivity contribution in [2.45, 2.75) is 20.1 Å².